The van der Waals surface area contributed by atoms with E-state index in [1.807, 2.05) is 40.7 Å². The van der Waals surface area contributed by atoms with Crippen molar-refractivity contribution in [3.05, 3.63) is 28.2 Å². The van der Waals surface area contributed by atoms with Gasteiger partial charge in [0.05, 0.1) is 11.2 Å². The number of aromatic nitrogens is 1. The topological polar surface area (TPSA) is 51.3 Å². The highest BCUT2D eigenvalue weighted by Gasteiger charge is 2.52. The molecule has 0 aromatic carbocycles. The lowest BCUT2D eigenvalue weighted by atomic mass is 9.79. The van der Waals surface area contributed by atoms with Gasteiger partial charge in [-0.05, 0) is 39.7 Å². The molecule has 0 aliphatic carbocycles. The molecule has 0 radical (unpaired) electrons. The Kier molecular flexibility index (Phi) is 3.15. The number of pyridine rings is 1. The Hall–Kier alpha value is -1.07. The minimum absolute atomic E-state index is 0.147. The molecule has 1 aromatic heterocycles. The Morgan fingerprint density at radius 1 is 1.22 bits per heavy atom. The van der Waals surface area contributed by atoms with E-state index >= 15 is 0 Å². The highest BCUT2D eigenvalue weighted by atomic mass is 16.7. The molecule has 1 aliphatic heterocycles. The van der Waals surface area contributed by atoms with Crippen molar-refractivity contribution in [2.75, 3.05) is 0 Å². The number of rotatable bonds is 2. The molecule has 0 bridgehead atoms. The molecule has 0 unspecified atom stereocenters. The van der Waals surface area contributed by atoms with Gasteiger partial charge >= 0.3 is 7.12 Å². The van der Waals surface area contributed by atoms with Gasteiger partial charge in [-0.3, -0.25) is 4.79 Å². The minimum Gasteiger partial charge on any atom is -0.399 e. The van der Waals surface area contributed by atoms with Gasteiger partial charge in [-0.25, -0.2) is 0 Å². The van der Waals surface area contributed by atoms with E-state index in [0.29, 0.717) is 5.46 Å². The van der Waals surface area contributed by atoms with Crippen molar-refractivity contribution in [2.24, 2.45) is 0 Å². The SMILES string of the molecule is CCc1c[nH]c(=O)c(B2OC(C)(C)C(C)(C)O2)c1. The quantitative estimate of drug-likeness (QED) is 0.802. The van der Waals surface area contributed by atoms with Crippen LogP contribution in [0.5, 0.6) is 0 Å². The van der Waals surface area contributed by atoms with Gasteiger partial charge in [0.2, 0.25) is 5.56 Å². The summed E-state index contributed by atoms with van der Waals surface area (Å²) in [4.78, 5) is 14.6. The van der Waals surface area contributed by atoms with Gasteiger partial charge in [-0.2, -0.15) is 0 Å². The third-order valence-corrected chi connectivity index (χ3v) is 3.91. The van der Waals surface area contributed by atoms with Crippen LogP contribution >= 0.6 is 0 Å². The zero-order chi connectivity index (χ0) is 13.6. The Labute approximate surface area is 108 Å². The summed E-state index contributed by atoms with van der Waals surface area (Å²) in [5.74, 6) is 0. The lowest BCUT2D eigenvalue weighted by Gasteiger charge is -2.32. The fourth-order valence-electron chi connectivity index (χ4n) is 1.90. The van der Waals surface area contributed by atoms with E-state index in [9.17, 15) is 4.79 Å². The van der Waals surface area contributed by atoms with Gasteiger partial charge in [-0.15, -0.1) is 0 Å². The number of aromatic amines is 1. The molecular weight excluding hydrogens is 229 g/mol. The maximum atomic E-state index is 11.9. The second kappa shape index (κ2) is 4.25. The van der Waals surface area contributed by atoms with Crippen LogP contribution in [0.3, 0.4) is 0 Å². The molecule has 1 saturated heterocycles. The largest absolute Gasteiger partial charge is 0.500 e. The Bertz CT molecular complexity index is 491. The number of H-pyrrole nitrogens is 1. The molecule has 1 aromatic rings. The molecule has 5 heteroatoms. The van der Waals surface area contributed by atoms with E-state index in [-0.39, 0.29) is 5.56 Å². The molecule has 4 nitrogen and oxygen atoms in total. The van der Waals surface area contributed by atoms with Gasteiger partial charge in [0.15, 0.2) is 0 Å². The van der Waals surface area contributed by atoms with Crippen molar-refractivity contribution < 1.29 is 9.31 Å². The molecule has 0 amide bonds. The van der Waals surface area contributed by atoms with Crippen LogP contribution < -0.4 is 11.0 Å². The fraction of sp³-hybridized carbons (Fsp3) is 0.615. The summed E-state index contributed by atoms with van der Waals surface area (Å²) in [6, 6.07) is 1.86. The minimum atomic E-state index is -0.592. The number of aryl methyl sites for hydroxylation is 1. The molecular formula is C13H20BNO3. The molecule has 2 rings (SSSR count). The number of hydrogen-bond donors (Lipinski definition) is 1. The molecule has 98 valence electrons. The van der Waals surface area contributed by atoms with Crippen molar-refractivity contribution in [3.8, 4) is 0 Å². The molecule has 0 atom stereocenters. The molecule has 0 saturated carbocycles. The first-order chi connectivity index (χ1) is 8.27. The van der Waals surface area contributed by atoms with Crippen LogP contribution in [0.25, 0.3) is 0 Å². The zero-order valence-corrected chi connectivity index (χ0v) is 11.7. The Morgan fingerprint density at radius 2 is 1.78 bits per heavy atom. The van der Waals surface area contributed by atoms with Gasteiger partial charge in [0.25, 0.3) is 0 Å². The first-order valence-electron chi connectivity index (χ1n) is 6.34. The third-order valence-electron chi connectivity index (χ3n) is 3.91. The molecule has 1 aliphatic rings. The summed E-state index contributed by atoms with van der Waals surface area (Å²) in [5, 5.41) is 0. The van der Waals surface area contributed by atoms with E-state index in [0.717, 1.165) is 12.0 Å². The highest BCUT2D eigenvalue weighted by Crippen LogP contribution is 2.36. The van der Waals surface area contributed by atoms with Crippen molar-refractivity contribution >= 4 is 12.6 Å². The van der Waals surface area contributed by atoms with Gasteiger partial charge < -0.3 is 14.3 Å². The van der Waals surface area contributed by atoms with Gasteiger partial charge in [0.1, 0.15) is 0 Å². The van der Waals surface area contributed by atoms with Gasteiger partial charge in [0, 0.05) is 11.7 Å². The van der Waals surface area contributed by atoms with Crippen LogP contribution in [0.2, 0.25) is 0 Å². The smallest absolute Gasteiger partial charge is 0.399 e. The first-order valence-corrected chi connectivity index (χ1v) is 6.34. The maximum Gasteiger partial charge on any atom is 0.500 e. The van der Waals surface area contributed by atoms with Crippen molar-refractivity contribution in [3.63, 3.8) is 0 Å². The second-order valence-corrected chi connectivity index (χ2v) is 5.73. The predicted octanol–water partition coefficient (Wildman–Crippen LogP) is 1.24. The van der Waals surface area contributed by atoms with Gasteiger partial charge in [-0.1, -0.05) is 13.0 Å². The molecule has 2 heterocycles. The van der Waals surface area contributed by atoms with Crippen molar-refractivity contribution in [1.82, 2.24) is 4.98 Å². The van der Waals surface area contributed by atoms with Crippen molar-refractivity contribution in [1.29, 1.82) is 0 Å². The third kappa shape index (κ3) is 2.13. The Balaban J connectivity index is 2.38. The molecule has 0 spiro atoms. The normalized spacial score (nSPS) is 21.3. The molecule has 18 heavy (non-hydrogen) atoms. The van der Waals surface area contributed by atoms with Crippen LogP contribution in [0.15, 0.2) is 17.1 Å². The maximum absolute atomic E-state index is 11.9. The van der Waals surface area contributed by atoms with Crippen molar-refractivity contribution in [2.45, 2.75) is 52.2 Å². The standard InChI is InChI=1S/C13H20BNO3/c1-6-9-7-10(11(16)15-8-9)14-17-12(2,3)13(4,5)18-14/h7-8H,6H2,1-5H3,(H,15,16). The average Bonchev–Trinajstić information content (AvgIpc) is 2.48. The summed E-state index contributed by atoms with van der Waals surface area (Å²) in [7, 11) is -0.592. The average molecular weight is 249 g/mol. The summed E-state index contributed by atoms with van der Waals surface area (Å²) >= 11 is 0. The molecule has 1 N–H and O–H groups in total. The zero-order valence-electron chi connectivity index (χ0n) is 11.7. The Morgan fingerprint density at radius 3 is 2.28 bits per heavy atom. The van der Waals surface area contributed by atoms with Crippen LogP contribution in [-0.4, -0.2) is 23.3 Å². The van der Waals surface area contributed by atoms with E-state index in [2.05, 4.69) is 4.98 Å². The van der Waals surface area contributed by atoms with Crippen LogP contribution in [-0.2, 0) is 15.7 Å². The highest BCUT2D eigenvalue weighted by molar-refractivity contribution is 6.61. The van der Waals surface area contributed by atoms with Crippen LogP contribution in [0, 0.1) is 0 Å². The second-order valence-electron chi connectivity index (χ2n) is 5.73. The predicted molar refractivity (Wildman–Crippen MR) is 72.2 cm³/mol. The first kappa shape index (κ1) is 13.4. The molecule has 1 fully saturated rings. The number of nitrogens with one attached hydrogen (secondary N) is 1. The van der Waals surface area contributed by atoms with E-state index in [1.165, 1.54) is 0 Å². The summed E-state index contributed by atoms with van der Waals surface area (Å²) < 4.78 is 11.8. The summed E-state index contributed by atoms with van der Waals surface area (Å²) in [5.41, 5.74) is 0.622. The van der Waals surface area contributed by atoms with E-state index < -0.39 is 18.3 Å². The lowest BCUT2D eigenvalue weighted by molar-refractivity contribution is 0.00578. The fourth-order valence-corrected chi connectivity index (χ4v) is 1.90. The lowest BCUT2D eigenvalue weighted by Crippen LogP contribution is -2.44. The van der Waals surface area contributed by atoms with Crippen LogP contribution in [0.1, 0.15) is 40.2 Å². The summed E-state index contributed by atoms with van der Waals surface area (Å²) in [6.07, 6.45) is 2.60. The monoisotopic (exact) mass is 249 g/mol. The van der Waals surface area contributed by atoms with E-state index in [4.69, 9.17) is 9.31 Å². The van der Waals surface area contributed by atoms with E-state index in [1.54, 1.807) is 6.20 Å². The number of hydrogen-bond acceptors (Lipinski definition) is 3. The van der Waals surface area contributed by atoms with Crippen LogP contribution in [0.4, 0.5) is 0 Å². The summed E-state index contributed by atoms with van der Waals surface area (Å²) in [6.45, 7) is 9.95.